The fourth-order valence-corrected chi connectivity index (χ4v) is 1.61. The SMILES string of the molecule is COc1cc(NC(C)(C)C(C)(C)O)c([N+](=O)[O-])cc1OC. The Kier molecular flexibility index (Phi) is 4.68. The van der Waals surface area contributed by atoms with E-state index < -0.39 is 16.1 Å². The van der Waals surface area contributed by atoms with Crippen molar-refractivity contribution in [2.45, 2.75) is 38.8 Å². The molecule has 1 aromatic rings. The number of anilines is 1. The van der Waals surface area contributed by atoms with Crippen LogP contribution in [0, 0.1) is 10.1 Å². The number of methoxy groups -OCH3 is 2. The Hall–Kier alpha value is -2.02. The van der Waals surface area contributed by atoms with Crippen LogP contribution in [0.4, 0.5) is 11.4 Å². The van der Waals surface area contributed by atoms with E-state index >= 15 is 0 Å². The van der Waals surface area contributed by atoms with Crippen molar-refractivity contribution in [2.24, 2.45) is 0 Å². The van der Waals surface area contributed by atoms with E-state index in [1.54, 1.807) is 27.7 Å². The second-order valence-electron chi connectivity index (χ2n) is 5.79. The van der Waals surface area contributed by atoms with Crippen molar-refractivity contribution in [3.05, 3.63) is 22.2 Å². The van der Waals surface area contributed by atoms with Gasteiger partial charge in [0.15, 0.2) is 11.5 Å². The van der Waals surface area contributed by atoms with Gasteiger partial charge in [0.05, 0.1) is 36.3 Å². The number of aliphatic hydroxyl groups is 1. The Bertz CT molecular complexity index is 535. The van der Waals surface area contributed by atoms with E-state index in [9.17, 15) is 15.2 Å². The predicted molar refractivity (Wildman–Crippen MR) is 80.2 cm³/mol. The Labute approximate surface area is 124 Å². The summed E-state index contributed by atoms with van der Waals surface area (Å²) in [4.78, 5) is 10.7. The van der Waals surface area contributed by atoms with Crippen LogP contribution < -0.4 is 14.8 Å². The van der Waals surface area contributed by atoms with E-state index in [2.05, 4.69) is 5.32 Å². The maximum atomic E-state index is 11.2. The first-order valence-corrected chi connectivity index (χ1v) is 6.44. The van der Waals surface area contributed by atoms with Gasteiger partial charge < -0.3 is 19.9 Å². The van der Waals surface area contributed by atoms with Crippen molar-refractivity contribution >= 4 is 11.4 Å². The first-order chi connectivity index (χ1) is 9.53. The molecule has 2 N–H and O–H groups in total. The van der Waals surface area contributed by atoms with Gasteiger partial charge in [0.2, 0.25) is 0 Å². The number of nitrogens with zero attached hydrogens (tertiary/aromatic N) is 1. The van der Waals surface area contributed by atoms with Gasteiger partial charge >= 0.3 is 0 Å². The fourth-order valence-electron chi connectivity index (χ4n) is 1.61. The molecule has 0 spiro atoms. The summed E-state index contributed by atoms with van der Waals surface area (Å²) >= 11 is 0. The molecule has 0 aliphatic carbocycles. The molecule has 0 bridgehead atoms. The molecule has 0 aromatic heterocycles. The smallest absolute Gasteiger partial charge is 0.296 e. The number of hydrogen-bond acceptors (Lipinski definition) is 6. The lowest BCUT2D eigenvalue weighted by atomic mass is 9.85. The average Bonchev–Trinajstić information content (AvgIpc) is 2.36. The molecule has 0 fully saturated rings. The maximum absolute atomic E-state index is 11.2. The molecule has 21 heavy (non-hydrogen) atoms. The molecular weight excluding hydrogens is 276 g/mol. The molecule has 0 aliphatic rings. The quantitative estimate of drug-likeness (QED) is 0.619. The number of nitro groups is 1. The van der Waals surface area contributed by atoms with Gasteiger partial charge in [-0.2, -0.15) is 0 Å². The molecule has 0 saturated carbocycles. The standard InChI is InChI=1S/C14H22N2O5/c1-13(2,14(3,4)17)15-9-7-11(20-5)12(21-6)8-10(9)16(18)19/h7-8,15,17H,1-6H3. The summed E-state index contributed by atoms with van der Waals surface area (Å²) in [7, 11) is 2.87. The van der Waals surface area contributed by atoms with Gasteiger partial charge in [-0.15, -0.1) is 0 Å². The van der Waals surface area contributed by atoms with Crippen LogP contribution in [0.25, 0.3) is 0 Å². The van der Waals surface area contributed by atoms with Crippen LogP contribution in [-0.2, 0) is 0 Å². The lowest BCUT2D eigenvalue weighted by molar-refractivity contribution is -0.384. The van der Waals surface area contributed by atoms with Gasteiger partial charge in [-0.05, 0) is 27.7 Å². The summed E-state index contributed by atoms with van der Waals surface area (Å²) in [5, 5.41) is 24.4. The molecule has 0 unspecified atom stereocenters. The van der Waals surface area contributed by atoms with Gasteiger partial charge in [-0.3, -0.25) is 10.1 Å². The largest absolute Gasteiger partial charge is 0.493 e. The van der Waals surface area contributed by atoms with Crippen LogP contribution in [0.2, 0.25) is 0 Å². The maximum Gasteiger partial charge on any atom is 0.296 e. The average molecular weight is 298 g/mol. The van der Waals surface area contributed by atoms with Crippen molar-refractivity contribution in [1.29, 1.82) is 0 Å². The van der Waals surface area contributed by atoms with Crippen molar-refractivity contribution in [3.8, 4) is 11.5 Å². The minimum Gasteiger partial charge on any atom is -0.493 e. The normalized spacial score (nSPS) is 12.0. The fraction of sp³-hybridized carbons (Fsp3) is 0.571. The van der Waals surface area contributed by atoms with Gasteiger partial charge in [0.1, 0.15) is 5.69 Å². The number of benzene rings is 1. The summed E-state index contributed by atoms with van der Waals surface area (Å²) in [6.45, 7) is 6.78. The summed E-state index contributed by atoms with van der Waals surface area (Å²) < 4.78 is 10.2. The lowest BCUT2D eigenvalue weighted by Gasteiger charge is -2.38. The highest BCUT2D eigenvalue weighted by atomic mass is 16.6. The third kappa shape index (κ3) is 3.55. The zero-order chi connectivity index (χ0) is 16.4. The Morgan fingerprint density at radius 3 is 2.00 bits per heavy atom. The number of hydrogen-bond donors (Lipinski definition) is 2. The van der Waals surface area contributed by atoms with Crippen LogP contribution in [0.1, 0.15) is 27.7 Å². The second kappa shape index (κ2) is 5.77. The molecule has 0 atom stereocenters. The number of ether oxygens (including phenoxy) is 2. The van der Waals surface area contributed by atoms with E-state index in [1.165, 1.54) is 26.4 Å². The van der Waals surface area contributed by atoms with Gasteiger partial charge in [-0.1, -0.05) is 0 Å². The van der Waals surface area contributed by atoms with Gasteiger partial charge in [-0.25, -0.2) is 0 Å². The number of nitro benzene ring substituents is 1. The van der Waals surface area contributed by atoms with E-state index in [0.717, 1.165) is 0 Å². The molecule has 118 valence electrons. The number of rotatable bonds is 6. The Morgan fingerprint density at radius 1 is 1.14 bits per heavy atom. The van der Waals surface area contributed by atoms with Gasteiger partial charge in [0.25, 0.3) is 5.69 Å². The molecule has 7 heteroatoms. The molecule has 1 aromatic carbocycles. The number of nitrogens with one attached hydrogen (secondary N) is 1. The first kappa shape index (κ1) is 17.0. The molecular formula is C14H22N2O5. The molecule has 1 rings (SSSR count). The molecule has 7 nitrogen and oxygen atoms in total. The van der Waals surface area contributed by atoms with Gasteiger partial charge in [0, 0.05) is 6.07 Å². The lowest BCUT2D eigenvalue weighted by Crippen LogP contribution is -2.51. The third-order valence-electron chi connectivity index (χ3n) is 3.68. The molecule has 0 heterocycles. The second-order valence-corrected chi connectivity index (χ2v) is 5.79. The van der Waals surface area contributed by atoms with Crippen molar-refractivity contribution in [1.82, 2.24) is 0 Å². The third-order valence-corrected chi connectivity index (χ3v) is 3.68. The highest BCUT2D eigenvalue weighted by Crippen LogP contribution is 2.39. The molecule has 0 amide bonds. The summed E-state index contributed by atoms with van der Waals surface area (Å²) in [5.74, 6) is 0.646. The molecule has 0 radical (unpaired) electrons. The Morgan fingerprint density at radius 2 is 1.62 bits per heavy atom. The van der Waals surface area contributed by atoms with E-state index in [1.807, 2.05) is 0 Å². The van der Waals surface area contributed by atoms with Crippen molar-refractivity contribution in [3.63, 3.8) is 0 Å². The van der Waals surface area contributed by atoms with Crippen LogP contribution in [0.5, 0.6) is 11.5 Å². The van der Waals surface area contributed by atoms with E-state index in [-0.39, 0.29) is 17.1 Å². The summed E-state index contributed by atoms with van der Waals surface area (Å²) in [5.41, 5.74) is -1.78. The zero-order valence-corrected chi connectivity index (χ0v) is 13.2. The van der Waals surface area contributed by atoms with E-state index in [0.29, 0.717) is 5.75 Å². The first-order valence-electron chi connectivity index (χ1n) is 6.44. The van der Waals surface area contributed by atoms with Crippen molar-refractivity contribution in [2.75, 3.05) is 19.5 Å². The topological polar surface area (TPSA) is 93.9 Å². The minimum atomic E-state index is -1.09. The summed E-state index contributed by atoms with van der Waals surface area (Å²) in [6, 6.07) is 2.78. The van der Waals surface area contributed by atoms with Crippen LogP contribution in [0.15, 0.2) is 12.1 Å². The predicted octanol–water partition coefficient (Wildman–Crippen LogP) is 2.57. The Balaban J connectivity index is 3.37. The molecule has 0 aliphatic heterocycles. The highest BCUT2D eigenvalue weighted by molar-refractivity contribution is 5.69. The van der Waals surface area contributed by atoms with Crippen LogP contribution in [0.3, 0.4) is 0 Å². The monoisotopic (exact) mass is 298 g/mol. The van der Waals surface area contributed by atoms with Crippen molar-refractivity contribution < 1.29 is 19.5 Å². The highest BCUT2D eigenvalue weighted by Gasteiger charge is 2.36. The molecule has 0 saturated heterocycles. The van der Waals surface area contributed by atoms with Crippen LogP contribution >= 0.6 is 0 Å². The summed E-state index contributed by atoms with van der Waals surface area (Å²) in [6.07, 6.45) is 0. The zero-order valence-electron chi connectivity index (χ0n) is 13.2. The minimum absolute atomic E-state index is 0.148. The van der Waals surface area contributed by atoms with Crippen LogP contribution in [-0.4, -0.2) is 35.4 Å². The van der Waals surface area contributed by atoms with E-state index in [4.69, 9.17) is 9.47 Å².